The van der Waals surface area contributed by atoms with Crippen molar-refractivity contribution in [3.63, 3.8) is 0 Å². The molecule has 1 aromatic carbocycles. The first-order valence-corrected chi connectivity index (χ1v) is 9.17. The van der Waals surface area contributed by atoms with Crippen molar-refractivity contribution in [1.82, 2.24) is 9.88 Å². The summed E-state index contributed by atoms with van der Waals surface area (Å²) in [6.45, 7) is 6.67. The number of carbonyl (C=O) groups is 1. The highest BCUT2D eigenvalue weighted by molar-refractivity contribution is 5.94. The van der Waals surface area contributed by atoms with Crippen LogP contribution in [0.25, 0.3) is 0 Å². The fourth-order valence-electron chi connectivity index (χ4n) is 3.18. The lowest BCUT2D eigenvalue weighted by atomic mass is 10.0. The van der Waals surface area contributed by atoms with Gasteiger partial charge in [-0.15, -0.1) is 0 Å². The zero-order chi connectivity index (χ0) is 18.7. The van der Waals surface area contributed by atoms with Crippen LogP contribution in [0.15, 0.2) is 42.6 Å². The standard InChI is InChI=1S/C21H26N2O3/c1-14(2)16-5-8-19(9-6-16)26-20-12-17(10-11-22-20)21(25)23-13-18(24)7-4-15(23)3/h5-6,8-12,14-15,18,24H,4,7,13H2,1-3H3/t15-,18-/m0/s1. The van der Waals surface area contributed by atoms with E-state index >= 15 is 0 Å². The minimum Gasteiger partial charge on any atom is -0.439 e. The number of nitrogens with zero attached hydrogens (tertiary/aromatic N) is 2. The molecule has 1 N–H and O–H groups in total. The first-order chi connectivity index (χ1) is 12.4. The van der Waals surface area contributed by atoms with Crippen LogP contribution < -0.4 is 4.74 Å². The molecule has 5 heteroatoms. The third-order valence-electron chi connectivity index (χ3n) is 4.87. The van der Waals surface area contributed by atoms with Crippen molar-refractivity contribution in [3.05, 3.63) is 53.7 Å². The topological polar surface area (TPSA) is 62.7 Å². The lowest BCUT2D eigenvalue weighted by molar-refractivity contribution is 0.0309. The van der Waals surface area contributed by atoms with Crippen molar-refractivity contribution in [2.75, 3.05) is 6.54 Å². The molecular formula is C21H26N2O3. The molecule has 0 saturated carbocycles. The second kappa shape index (κ2) is 7.87. The van der Waals surface area contributed by atoms with Gasteiger partial charge < -0.3 is 14.7 Å². The average Bonchev–Trinajstić information content (AvgIpc) is 2.64. The third-order valence-corrected chi connectivity index (χ3v) is 4.87. The Morgan fingerprint density at radius 3 is 2.65 bits per heavy atom. The fraction of sp³-hybridized carbons (Fsp3) is 0.429. The predicted molar refractivity (Wildman–Crippen MR) is 101 cm³/mol. The highest BCUT2D eigenvalue weighted by atomic mass is 16.5. The van der Waals surface area contributed by atoms with Crippen molar-refractivity contribution >= 4 is 5.91 Å². The zero-order valence-corrected chi connectivity index (χ0v) is 15.6. The van der Waals surface area contributed by atoms with Gasteiger partial charge in [0.05, 0.1) is 6.10 Å². The summed E-state index contributed by atoms with van der Waals surface area (Å²) in [5, 5.41) is 9.87. The number of rotatable bonds is 4. The molecule has 26 heavy (non-hydrogen) atoms. The molecule has 1 aliphatic heterocycles. The third kappa shape index (κ3) is 4.22. The summed E-state index contributed by atoms with van der Waals surface area (Å²) in [4.78, 5) is 18.7. The minimum absolute atomic E-state index is 0.0985. The lowest BCUT2D eigenvalue weighted by Gasteiger charge is -2.36. The Balaban J connectivity index is 1.74. The number of hydrogen-bond acceptors (Lipinski definition) is 4. The Morgan fingerprint density at radius 2 is 1.96 bits per heavy atom. The molecule has 5 nitrogen and oxygen atoms in total. The quantitative estimate of drug-likeness (QED) is 0.902. The molecule has 1 aliphatic rings. The molecule has 0 radical (unpaired) electrons. The van der Waals surface area contributed by atoms with Crippen LogP contribution in [0, 0.1) is 0 Å². The number of piperidine rings is 1. The van der Waals surface area contributed by atoms with E-state index in [-0.39, 0.29) is 11.9 Å². The van der Waals surface area contributed by atoms with Crippen LogP contribution in [0.4, 0.5) is 0 Å². The summed E-state index contributed by atoms with van der Waals surface area (Å²) in [6, 6.07) is 11.4. The smallest absolute Gasteiger partial charge is 0.254 e. The van der Waals surface area contributed by atoms with Crippen LogP contribution in [-0.4, -0.2) is 39.6 Å². The van der Waals surface area contributed by atoms with E-state index in [0.717, 1.165) is 12.8 Å². The maximum atomic E-state index is 12.8. The van der Waals surface area contributed by atoms with Crippen LogP contribution in [0.2, 0.25) is 0 Å². The Morgan fingerprint density at radius 1 is 1.23 bits per heavy atom. The normalized spacial score (nSPS) is 20.3. The van der Waals surface area contributed by atoms with Gasteiger partial charge in [-0.05, 0) is 49.4 Å². The van der Waals surface area contributed by atoms with Crippen molar-refractivity contribution < 1.29 is 14.6 Å². The molecule has 2 aromatic rings. The van der Waals surface area contributed by atoms with E-state index in [9.17, 15) is 9.90 Å². The summed E-state index contributed by atoms with van der Waals surface area (Å²) in [7, 11) is 0. The summed E-state index contributed by atoms with van der Waals surface area (Å²) >= 11 is 0. The van der Waals surface area contributed by atoms with Crippen molar-refractivity contribution in [2.45, 2.75) is 51.7 Å². The van der Waals surface area contributed by atoms with Gasteiger partial charge in [-0.1, -0.05) is 26.0 Å². The van der Waals surface area contributed by atoms with Gasteiger partial charge in [0.25, 0.3) is 5.91 Å². The van der Waals surface area contributed by atoms with Gasteiger partial charge in [0.15, 0.2) is 0 Å². The molecule has 0 aliphatic carbocycles. The van der Waals surface area contributed by atoms with E-state index in [4.69, 9.17) is 4.74 Å². The predicted octanol–water partition coefficient (Wildman–Crippen LogP) is 3.98. The van der Waals surface area contributed by atoms with Crippen LogP contribution in [0.3, 0.4) is 0 Å². The van der Waals surface area contributed by atoms with Crippen LogP contribution in [-0.2, 0) is 0 Å². The SMILES string of the molecule is CC(C)c1ccc(Oc2cc(C(=O)N3C[C@@H](O)CC[C@@H]3C)ccn2)cc1. The number of likely N-dealkylation sites (tertiary alicyclic amines) is 1. The van der Waals surface area contributed by atoms with Gasteiger partial charge in [0.1, 0.15) is 5.75 Å². The van der Waals surface area contributed by atoms with Gasteiger partial charge in [0, 0.05) is 30.4 Å². The van der Waals surface area contributed by atoms with Gasteiger partial charge in [-0.2, -0.15) is 0 Å². The van der Waals surface area contributed by atoms with E-state index in [1.54, 1.807) is 23.2 Å². The second-order valence-electron chi connectivity index (χ2n) is 7.25. The maximum absolute atomic E-state index is 12.8. The van der Waals surface area contributed by atoms with Crippen LogP contribution >= 0.6 is 0 Å². The number of aliphatic hydroxyl groups is 1. The van der Waals surface area contributed by atoms with Crippen molar-refractivity contribution in [1.29, 1.82) is 0 Å². The van der Waals surface area contributed by atoms with Gasteiger partial charge in [0.2, 0.25) is 5.88 Å². The van der Waals surface area contributed by atoms with E-state index in [1.165, 1.54) is 5.56 Å². The molecule has 1 aromatic heterocycles. The molecule has 1 amide bonds. The number of amides is 1. The molecule has 0 spiro atoms. The molecule has 3 rings (SSSR count). The lowest BCUT2D eigenvalue weighted by Crippen LogP contribution is -2.47. The molecule has 138 valence electrons. The fourth-order valence-corrected chi connectivity index (χ4v) is 3.18. The number of carbonyl (C=O) groups excluding carboxylic acids is 1. The molecule has 1 saturated heterocycles. The Kier molecular flexibility index (Phi) is 5.57. The van der Waals surface area contributed by atoms with Gasteiger partial charge in [-0.3, -0.25) is 4.79 Å². The molecular weight excluding hydrogens is 328 g/mol. The molecule has 1 fully saturated rings. The highest BCUT2D eigenvalue weighted by Crippen LogP contribution is 2.25. The van der Waals surface area contributed by atoms with E-state index in [0.29, 0.717) is 29.7 Å². The second-order valence-corrected chi connectivity index (χ2v) is 7.25. The first kappa shape index (κ1) is 18.4. The summed E-state index contributed by atoms with van der Waals surface area (Å²) in [5.74, 6) is 1.44. The van der Waals surface area contributed by atoms with Gasteiger partial charge in [-0.25, -0.2) is 4.98 Å². The molecule has 2 heterocycles. The van der Waals surface area contributed by atoms with E-state index in [2.05, 4.69) is 18.8 Å². The molecule has 0 bridgehead atoms. The number of hydrogen-bond donors (Lipinski definition) is 1. The van der Waals surface area contributed by atoms with Crippen LogP contribution in [0.5, 0.6) is 11.6 Å². The first-order valence-electron chi connectivity index (χ1n) is 9.17. The average molecular weight is 354 g/mol. The zero-order valence-electron chi connectivity index (χ0n) is 15.6. The Hall–Kier alpha value is -2.40. The van der Waals surface area contributed by atoms with E-state index in [1.807, 2.05) is 31.2 Å². The Labute approximate surface area is 154 Å². The van der Waals surface area contributed by atoms with Gasteiger partial charge >= 0.3 is 0 Å². The maximum Gasteiger partial charge on any atom is 0.254 e. The monoisotopic (exact) mass is 354 g/mol. The molecule has 2 atom stereocenters. The number of benzene rings is 1. The van der Waals surface area contributed by atoms with Crippen molar-refractivity contribution in [3.8, 4) is 11.6 Å². The molecule has 0 unspecified atom stereocenters. The number of aliphatic hydroxyl groups excluding tert-OH is 1. The Bertz CT molecular complexity index is 758. The summed E-state index contributed by atoms with van der Waals surface area (Å²) in [5.41, 5.74) is 1.77. The van der Waals surface area contributed by atoms with Crippen molar-refractivity contribution in [2.24, 2.45) is 0 Å². The summed E-state index contributed by atoms with van der Waals surface area (Å²) in [6.07, 6.45) is 2.67. The number of ether oxygens (including phenoxy) is 1. The summed E-state index contributed by atoms with van der Waals surface area (Å²) < 4.78 is 5.81. The van der Waals surface area contributed by atoms with Crippen LogP contribution in [0.1, 0.15) is 55.5 Å². The number of aromatic nitrogens is 1. The minimum atomic E-state index is -0.452. The largest absolute Gasteiger partial charge is 0.439 e. The van der Waals surface area contributed by atoms with E-state index < -0.39 is 6.10 Å². The number of pyridine rings is 1. The number of β-amino-alcohol motifs (C(OH)–C–C–N with tert-alkyl or cyclic N) is 1. The highest BCUT2D eigenvalue weighted by Gasteiger charge is 2.28.